The maximum absolute atomic E-state index is 11.4. The van der Waals surface area contributed by atoms with E-state index in [0.717, 1.165) is 19.0 Å². The number of rotatable bonds is 7. The Morgan fingerprint density at radius 2 is 1.64 bits per heavy atom. The second kappa shape index (κ2) is 12.9. The smallest absolute Gasteiger partial charge is 0.222 e. The Bertz CT molecular complexity index is 330. The molecule has 1 fully saturated rings. The number of likely N-dealkylation sites (tertiary alicyclic amines) is 1. The monoisotopic (exact) mass is 425 g/mol. The average Bonchev–Trinajstić information content (AvgIpc) is 2.50. The van der Waals surface area contributed by atoms with Gasteiger partial charge in [0.15, 0.2) is 5.96 Å². The molecule has 1 saturated heterocycles. The van der Waals surface area contributed by atoms with Crippen molar-refractivity contribution in [2.75, 3.05) is 46.3 Å². The lowest BCUT2D eigenvalue weighted by Crippen LogP contribution is -2.45. The Kier molecular flexibility index (Phi) is 12.6. The van der Waals surface area contributed by atoms with Crippen molar-refractivity contribution in [3.8, 4) is 0 Å². The summed E-state index contributed by atoms with van der Waals surface area (Å²) in [6.45, 7) is 9.48. The van der Waals surface area contributed by atoms with Crippen LogP contribution in [0.25, 0.3) is 0 Å². The molecule has 0 atom stereocenters. The number of hydrogen-bond acceptors (Lipinski definition) is 3. The number of carbonyl (C=O) groups excluding carboxylic acids is 1. The van der Waals surface area contributed by atoms with Gasteiger partial charge in [-0.1, -0.05) is 20.3 Å². The molecule has 22 heavy (non-hydrogen) atoms. The fourth-order valence-electron chi connectivity index (χ4n) is 2.31. The van der Waals surface area contributed by atoms with E-state index < -0.39 is 0 Å². The lowest BCUT2D eigenvalue weighted by Gasteiger charge is -2.26. The third kappa shape index (κ3) is 9.45. The highest BCUT2D eigenvalue weighted by molar-refractivity contribution is 14.0. The van der Waals surface area contributed by atoms with Crippen LogP contribution in [0, 0.1) is 5.92 Å². The van der Waals surface area contributed by atoms with Gasteiger partial charge in [-0.3, -0.25) is 9.79 Å². The Morgan fingerprint density at radius 3 is 2.23 bits per heavy atom. The van der Waals surface area contributed by atoms with E-state index in [2.05, 4.69) is 25.8 Å². The molecule has 3 N–H and O–H groups in total. The van der Waals surface area contributed by atoms with Gasteiger partial charge in [0.05, 0.1) is 0 Å². The van der Waals surface area contributed by atoms with E-state index in [1.165, 1.54) is 32.4 Å². The fraction of sp³-hybridized carbons (Fsp3) is 0.867. The normalized spacial score (nSPS) is 16.1. The molecule has 6 nitrogen and oxygen atoms in total. The zero-order valence-corrected chi connectivity index (χ0v) is 16.5. The Balaban J connectivity index is 0.00000441. The molecule has 1 rings (SSSR count). The van der Waals surface area contributed by atoms with Crippen molar-refractivity contribution in [3.63, 3.8) is 0 Å². The standard InChI is InChI=1S/C15H31N5O.HI/c1-13(2)14(21)17-7-8-18-15(16-3)19-9-12-20-10-5-4-6-11-20;/h13H,4-12H2,1-3H3,(H,17,21)(H2,16,18,19);1H. The molecule has 1 amide bonds. The van der Waals surface area contributed by atoms with Crippen molar-refractivity contribution in [2.24, 2.45) is 10.9 Å². The van der Waals surface area contributed by atoms with Crippen LogP contribution in [-0.4, -0.2) is 63.1 Å². The SMILES string of the molecule is CN=C(NCCNC(=O)C(C)C)NCCN1CCCCC1.I. The first kappa shape index (κ1) is 21.4. The number of guanidine groups is 1. The number of halogens is 1. The number of nitrogens with zero attached hydrogens (tertiary/aromatic N) is 2. The highest BCUT2D eigenvalue weighted by Gasteiger charge is 2.09. The Hall–Kier alpha value is -0.570. The van der Waals surface area contributed by atoms with E-state index >= 15 is 0 Å². The molecule has 1 aliphatic heterocycles. The van der Waals surface area contributed by atoms with Crippen molar-refractivity contribution in [1.82, 2.24) is 20.9 Å². The highest BCUT2D eigenvalue weighted by atomic mass is 127. The minimum atomic E-state index is 0. The lowest BCUT2D eigenvalue weighted by molar-refractivity contribution is -0.123. The zero-order chi connectivity index (χ0) is 15.5. The van der Waals surface area contributed by atoms with Crippen LogP contribution in [0.1, 0.15) is 33.1 Å². The second-order valence-electron chi connectivity index (χ2n) is 5.77. The van der Waals surface area contributed by atoms with E-state index in [-0.39, 0.29) is 35.8 Å². The van der Waals surface area contributed by atoms with E-state index in [9.17, 15) is 4.79 Å². The van der Waals surface area contributed by atoms with E-state index in [1.54, 1.807) is 7.05 Å². The summed E-state index contributed by atoms with van der Waals surface area (Å²) in [7, 11) is 1.77. The highest BCUT2D eigenvalue weighted by Crippen LogP contribution is 2.07. The summed E-state index contributed by atoms with van der Waals surface area (Å²) in [5.41, 5.74) is 0. The number of amides is 1. The molecule has 0 saturated carbocycles. The van der Waals surface area contributed by atoms with Crippen molar-refractivity contribution in [1.29, 1.82) is 0 Å². The van der Waals surface area contributed by atoms with Gasteiger partial charge in [0, 0.05) is 39.1 Å². The summed E-state index contributed by atoms with van der Waals surface area (Å²) >= 11 is 0. The summed E-state index contributed by atoms with van der Waals surface area (Å²) < 4.78 is 0. The topological polar surface area (TPSA) is 68.8 Å². The zero-order valence-electron chi connectivity index (χ0n) is 14.2. The van der Waals surface area contributed by atoms with Gasteiger partial charge in [0.25, 0.3) is 0 Å². The van der Waals surface area contributed by atoms with Crippen LogP contribution in [0.3, 0.4) is 0 Å². The number of hydrogen-bond donors (Lipinski definition) is 3. The molecule has 1 heterocycles. The summed E-state index contributed by atoms with van der Waals surface area (Å²) in [4.78, 5) is 18.1. The average molecular weight is 425 g/mol. The van der Waals surface area contributed by atoms with Crippen molar-refractivity contribution in [2.45, 2.75) is 33.1 Å². The predicted octanol–water partition coefficient (Wildman–Crippen LogP) is 1.03. The van der Waals surface area contributed by atoms with E-state index in [1.807, 2.05) is 13.8 Å². The summed E-state index contributed by atoms with van der Waals surface area (Å²) in [5, 5.41) is 9.40. The first-order chi connectivity index (χ1) is 10.1. The van der Waals surface area contributed by atoms with Crippen LogP contribution in [0.15, 0.2) is 4.99 Å². The second-order valence-corrected chi connectivity index (χ2v) is 5.77. The molecule has 0 spiro atoms. The van der Waals surface area contributed by atoms with Crippen molar-refractivity contribution in [3.05, 3.63) is 0 Å². The maximum Gasteiger partial charge on any atom is 0.222 e. The predicted molar refractivity (Wildman–Crippen MR) is 103 cm³/mol. The van der Waals surface area contributed by atoms with Gasteiger partial charge < -0.3 is 20.9 Å². The molecule has 0 aliphatic carbocycles. The first-order valence-electron chi connectivity index (χ1n) is 8.08. The number of nitrogens with one attached hydrogen (secondary N) is 3. The minimum absolute atomic E-state index is 0. The first-order valence-corrected chi connectivity index (χ1v) is 8.08. The third-order valence-electron chi connectivity index (χ3n) is 3.63. The lowest BCUT2D eigenvalue weighted by atomic mass is 10.1. The van der Waals surface area contributed by atoms with Crippen LogP contribution < -0.4 is 16.0 Å². The molecule has 0 aromatic heterocycles. The third-order valence-corrected chi connectivity index (χ3v) is 3.63. The van der Waals surface area contributed by atoms with E-state index in [4.69, 9.17) is 0 Å². The molecule has 130 valence electrons. The Labute approximate surface area is 151 Å². The number of aliphatic imine (C=N–C) groups is 1. The van der Waals surface area contributed by atoms with Crippen LogP contribution in [0.4, 0.5) is 0 Å². The van der Waals surface area contributed by atoms with Crippen molar-refractivity contribution >= 4 is 35.8 Å². The summed E-state index contributed by atoms with van der Waals surface area (Å²) in [6, 6.07) is 0. The molecule has 7 heteroatoms. The molecule has 0 bridgehead atoms. The van der Waals surface area contributed by atoms with E-state index in [0.29, 0.717) is 13.1 Å². The van der Waals surface area contributed by atoms with Gasteiger partial charge in [0.1, 0.15) is 0 Å². The van der Waals surface area contributed by atoms with Crippen LogP contribution in [-0.2, 0) is 4.79 Å². The number of piperidine rings is 1. The van der Waals surface area contributed by atoms with Gasteiger partial charge >= 0.3 is 0 Å². The molecule has 0 radical (unpaired) electrons. The number of carbonyl (C=O) groups is 1. The van der Waals surface area contributed by atoms with Crippen LogP contribution in [0.5, 0.6) is 0 Å². The van der Waals surface area contributed by atoms with Gasteiger partial charge in [-0.05, 0) is 25.9 Å². The molecular weight excluding hydrogens is 393 g/mol. The summed E-state index contributed by atoms with van der Waals surface area (Å²) in [6.07, 6.45) is 4.01. The molecule has 0 aromatic rings. The molecular formula is C15H32IN5O. The van der Waals surface area contributed by atoms with Gasteiger partial charge in [-0.25, -0.2) is 0 Å². The Morgan fingerprint density at radius 1 is 1.05 bits per heavy atom. The molecule has 1 aliphatic rings. The molecule has 0 unspecified atom stereocenters. The minimum Gasteiger partial charge on any atom is -0.355 e. The van der Waals surface area contributed by atoms with Crippen LogP contribution >= 0.6 is 24.0 Å². The molecule has 0 aromatic carbocycles. The van der Waals surface area contributed by atoms with Gasteiger partial charge in [0.2, 0.25) is 5.91 Å². The summed E-state index contributed by atoms with van der Waals surface area (Å²) in [5.74, 6) is 0.919. The fourth-order valence-corrected chi connectivity index (χ4v) is 2.31. The largest absolute Gasteiger partial charge is 0.355 e. The van der Waals surface area contributed by atoms with Gasteiger partial charge in [-0.15, -0.1) is 24.0 Å². The van der Waals surface area contributed by atoms with Crippen LogP contribution in [0.2, 0.25) is 0 Å². The van der Waals surface area contributed by atoms with Gasteiger partial charge in [-0.2, -0.15) is 0 Å². The van der Waals surface area contributed by atoms with Crippen molar-refractivity contribution < 1.29 is 4.79 Å². The maximum atomic E-state index is 11.4. The quantitative estimate of drug-likeness (QED) is 0.247.